The third-order valence-corrected chi connectivity index (χ3v) is 13.1. The second-order valence-electron chi connectivity index (χ2n) is 15.2. The monoisotopic (exact) mass is 769 g/mol. The first-order chi connectivity index (χ1) is 29.2. The molecule has 0 unspecified atom stereocenters. The van der Waals surface area contributed by atoms with Crippen LogP contribution in [0.5, 0.6) is 0 Å². The average molecular weight is 770 g/mol. The Morgan fingerprint density at radius 1 is 0.356 bits per heavy atom. The smallest absolute Gasteiger partial charge is 0.143 e. The van der Waals surface area contributed by atoms with Crippen molar-refractivity contribution in [3.05, 3.63) is 212 Å². The van der Waals surface area contributed by atoms with E-state index in [0.29, 0.717) is 0 Å². The molecule has 0 saturated carbocycles. The number of benzene rings is 10. The number of fused-ring (bicyclic) bond motifs is 9. The molecule has 0 amide bonds. The lowest BCUT2D eigenvalue weighted by molar-refractivity contribution is 0.672. The first kappa shape index (κ1) is 33.7. The first-order valence-corrected chi connectivity index (χ1v) is 20.9. The van der Waals surface area contributed by atoms with Crippen molar-refractivity contribution >= 4 is 92.1 Å². The molecule has 3 heteroatoms. The van der Waals surface area contributed by atoms with E-state index in [1.54, 1.807) is 0 Å². The van der Waals surface area contributed by atoms with Gasteiger partial charge in [-0.15, -0.1) is 11.3 Å². The van der Waals surface area contributed by atoms with Crippen LogP contribution in [0.1, 0.15) is 0 Å². The molecule has 0 radical (unpaired) electrons. The standard InChI is InChI=1S/C56H35NOS/c1-3-13-44-38(10-1)12-7-16-45(44)40-24-22-36(23-25-40)37-26-31-42(32-27-37)57(51-19-9-20-52-54(51)50-35-30-39-11-2-4-14-46(39)55(50)58-52)43-33-28-41(29-34-43)47-17-8-18-49-48-15-5-6-21-53(48)59-56(47)49/h1-35H. The topological polar surface area (TPSA) is 16.4 Å². The average Bonchev–Trinajstić information content (AvgIpc) is 3.89. The number of anilines is 3. The lowest BCUT2D eigenvalue weighted by Gasteiger charge is -2.26. The van der Waals surface area contributed by atoms with Gasteiger partial charge in [-0.05, 0) is 98.1 Å². The summed E-state index contributed by atoms with van der Waals surface area (Å²) in [6, 6.07) is 76.8. The highest BCUT2D eigenvalue weighted by Crippen LogP contribution is 2.46. The second-order valence-corrected chi connectivity index (χ2v) is 16.3. The minimum atomic E-state index is 0.870. The molecule has 12 rings (SSSR count). The molecule has 0 bridgehead atoms. The number of hydrogen-bond acceptors (Lipinski definition) is 3. The van der Waals surface area contributed by atoms with E-state index in [-0.39, 0.29) is 0 Å². The zero-order chi connectivity index (χ0) is 38.9. The van der Waals surface area contributed by atoms with E-state index in [1.165, 1.54) is 69.7 Å². The molecule has 2 nitrogen and oxygen atoms in total. The van der Waals surface area contributed by atoms with E-state index in [0.717, 1.165) is 44.4 Å². The Kier molecular flexibility index (Phi) is 7.75. The summed E-state index contributed by atoms with van der Waals surface area (Å²) in [6.45, 7) is 0. The van der Waals surface area contributed by atoms with Gasteiger partial charge in [-0.25, -0.2) is 0 Å². The van der Waals surface area contributed by atoms with Crippen molar-refractivity contribution in [3.8, 4) is 33.4 Å². The molecule has 0 aliphatic heterocycles. The van der Waals surface area contributed by atoms with Gasteiger partial charge in [-0.1, -0.05) is 164 Å². The van der Waals surface area contributed by atoms with Crippen molar-refractivity contribution in [1.29, 1.82) is 0 Å². The minimum Gasteiger partial charge on any atom is -0.455 e. The zero-order valence-electron chi connectivity index (χ0n) is 32.0. The van der Waals surface area contributed by atoms with Gasteiger partial charge in [0.15, 0.2) is 0 Å². The van der Waals surface area contributed by atoms with Crippen molar-refractivity contribution < 1.29 is 4.42 Å². The van der Waals surface area contributed by atoms with E-state index in [4.69, 9.17) is 4.42 Å². The Bertz CT molecular complexity index is 3530. The predicted molar refractivity (Wildman–Crippen MR) is 253 cm³/mol. The molecular weight excluding hydrogens is 735 g/mol. The highest BCUT2D eigenvalue weighted by molar-refractivity contribution is 7.26. The van der Waals surface area contributed by atoms with Crippen LogP contribution in [0.4, 0.5) is 17.1 Å². The maximum Gasteiger partial charge on any atom is 0.143 e. The van der Waals surface area contributed by atoms with E-state index >= 15 is 0 Å². The molecule has 0 saturated heterocycles. The molecule has 2 aromatic heterocycles. The van der Waals surface area contributed by atoms with Crippen molar-refractivity contribution in [3.63, 3.8) is 0 Å². The molecule has 10 aromatic carbocycles. The number of thiophene rings is 1. The summed E-state index contributed by atoms with van der Waals surface area (Å²) in [7, 11) is 0. The van der Waals surface area contributed by atoms with Crippen molar-refractivity contribution in [1.82, 2.24) is 0 Å². The Morgan fingerprint density at radius 3 is 1.68 bits per heavy atom. The van der Waals surface area contributed by atoms with E-state index < -0.39 is 0 Å². The Morgan fingerprint density at radius 2 is 0.898 bits per heavy atom. The van der Waals surface area contributed by atoms with Gasteiger partial charge in [0.25, 0.3) is 0 Å². The fourth-order valence-electron chi connectivity index (χ4n) is 9.04. The van der Waals surface area contributed by atoms with Crippen LogP contribution in [0.2, 0.25) is 0 Å². The van der Waals surface area contributed by atoms with Gasteiger partial charge in [-0.2, -0.15) is 0 Å². The summed E-state index contributed by atoms with van der Waals surface area (Å²) in [6.07, 6.45) is 0. The van der Waals surface area contributed by atoms with Crippen LogP contribution in [0.25, 0.3) is 97.0 Å². The van der Waals surface area contributed by atoms with E-state index in [1.807, 2.05) is 11.3 Å². The molecular formula is C56H35NOS. The fourth-order valence-corrected chi connectivity index (χ4v) is 10.3. The molecule has 59 heavy (non-hydrogen) atoms. The van der Waals surface area contributed by atoms with Crippen LogP contribution < -0.4 is 4.90 Å². The molecule has 0 aliphatic rings. The number of nitrogens with zero attached hydrogens (tertiary/aromatic N) is 1. The van der Waals surface area contributed by atoms with Crippen molar-refractivity contribution in [2.45, 2.75) is 0 Å². The van der Waals surface area contributed by atoms with Gasteiger partial charge in [0.1, 0.15) is 11.2 Å². The van der Waals surface area contributed by atoms with Crippen LogP contribution in [0, 0.1) is 0 Å². The molecule has 2 heterocycles. The van der Waals surface area contributed by atoms with Crippen LogP contribution in [0.3, 0.4) is 0 Å². The fraction of sp³-hybridized carbons (Fsp3) is 0. The highest BCUT2D eigenvalue weighted by Gasteiger charge is 2.21. The number of furan rings is 1. The quantitative estimate of drug-likeness (QED) is 0.167. The molecule has 0 atom stereocenters. The van der Waals surface area contributed by atoms with Gasteiger partial charge in [-0.3, -0.25) is 0 Å². The van der Waals surface area contributed by atoms with Crippen molar-refractivity contribution in [2.24, 2.45) is 0 Å². The third-order valence-electron chi connectivity index (χ3n) is 11.9. The van der Waals surface area contributed by atoms with Gasteiger partial charge < -0.3 is 9.32 Å². The van der Waals surface area contributed by atoms with E-state index in [9.17, 15) is 0 Å². The molecule has 0 N–H and O–H groups in total. The normalized spacial score (nSPS) is 11.7. The Labute approximate surface area is 345 Å². The summed E-state index contributed by atoms with van der Waals surface area (Å²) in [5.74, 6) is 0. The van der Waals surface area contributed by atoms with Crippen LogP contribution in [-0.2, 0) is 0 Å². The Balaban J connectivity index is 0.973. The number of hydrogen-bond donors (Lipinski definition) is 0. The predicted octanol–water partition coefficient (Wildman–Crippen LogP) is 16.7. The van der Waals surface area contributed by atoms with Gasteiger partial charge in [0.2, 0.25) is 0 Å². The molecule has 0 spiro atoms. The van der Waals surface area contributed by atoms with Gasteiger partial charge >= 0.3 is 0 Å². The molecule has 12 aromatic rings. The summed E-state index contributed by atoms with van der Waals surface area (Å²) < 4.78 is 9.32. The molecule has 276 valence electrons. The third kappa shape index (κ3) is 5.55. The van der Waals surface area contributed by atoms with Crippen LogP contribution in [-0.4, -0.2) is 0 Å². The number of rotatable bonds is 6. The SMILES string of the molecule is c1ccc2c(-c3ccc(-c4ccc(N(c5ccc(-c6cccc7c6sc6ccccc67)cc5)c5cccc6oc7c8ccccc8ccc7c56)cc4)cc3)cccc2c1. The highest BCUT2D eigenvalue weighted by atomic mass is 32.1. The minimum absolute atomic E-state index is 0.870. The lowest BCUT2D eigenvalue weighted by atomic mass is 9.96. The maximum atomic E-state index is 6.69. The summed E-state index contributed by atoms with van der Waals surface area (Å²) in [5.41, 5.74) is 12.3. The van der Waals surface area contributed by atoms with E-state index in [2.05, 4.69) is 217 Å². The molecule has 0 aliphatic carbocycles. The Hall–Kier alpha value is -7.46. The summed E-state index contributed by atoms with van der Waals surface area (Å²) in [5, 5.41) is 9.64. The largest absolute Gasteiger partial charge is 0.455 e. The first-order valence-electron chi connectivity index (χ1n) is 20.1. The lowest BCUT2D eigenvalue weighted by Crippen LogP contribution is -2.10. The van der Waals surface area contributed by atoms with Crippen molar-refractivity contribution in [2.75, 3.05) is 4.90 Å². The van der Waals surface area contributed by atoms with Crippen LogP contribution in [0.15, 0.2) is 217 Å². The summed E-state index contributed by atoms with van der Waals surface area (Å²) in [4.78, 5) is 2.38. The second kappa shape index (κ2) is 13.6. The maximum absolute atomic E-state index is 6.69. The zero-order valence-corrected chi connectivity index (χ0v) is 32.8. The summed E-state index contributed by atoms with van der Waals surface area (Å²) >= 11 is 1.87. The van der Waals surface area contributed by atoms with Crippen LogP contribution >= 0.6 is 11.3 Å². The van der Waals surface area contributed by atoms with Gasteiger partial charge in [0, 0.05) is 42.3 Å². The van der Waals surface area contributed by atoms with Gasteiger partial charge in [0.05, 0.1) is 11.1 Å². The molecule has 0 fully saturated rings.